The lowest BCUT2D eigenvalue weighted by Gasteiger charge is -2.31. The highest BCUT2D eigenvalue weighted by Crippen LogP contribution is 2.35. The second-order valence-electron chi connectivity index (χ2n) is 3.84. The third-order valence-electron chi connectivity index (χ3n) is 2.63. The van der Waals surface area contributed by atoms with E-state index in [-0.39, 0.29) is 0 Å². The van der Waals surface area contributed by atoms with Crippen LogP contribution in [0.1, 0.15) is 12.5 Å². The summed E-state index contributed by atoms with van der Waals surface area (Å²) >= 11 is 0. The van der Waals surface area contributed by atoms with Gasteiger partial charge in [-0.2, -0.15) is 0 Å². The van der Waals surface area contributed by atoms with E-state index in [1.54, 1.807) is 12.1 Å². The molecule has 5 heteroatoms. The summed E-state index contributed by atoms with van der Waals surface area (Å²) in [6.45, 7) is 3.04. The van der Waals surface area contributed by atoms with Crippen molar-refractivity contribution in [1.29, 1.82) is 0 Å². The predicted octanol–water partition coefficient (Wildman–Crippen LogP) is 1.17. The molecule has 84 valence electrons. The van der Waals surface area contributed by atoms with Crippen molar-refractivity contribution >= 4 is 17.6 Å². The molecule has 0 aliphatic carbocycles. The van der Waals surface area contributed by atoms with Crippen LogP contribution in [0.4, 0.5) is 5.69 Å². The topological polar surface area (TPSA) is 75.6 Å². The number of carboxylic acids is 1. The van der Waals surface area contributed by atoms with Crippen LogP contribution in [0.2, 0.25) is 0 Å². The van der Waals surface area contributed by atoms with Gasteiger partial charge in [0.05, 0.1) is 5.69 Å². The van der Waals surface area contributed by atoms with E-state index in [4.69, 9.17) is 9.84 Å². The van der Waals surface area contributed by atoms with Crippen molar-refractivity contribution in [1.82, 2.24) is 0 Å². The van der Waals surface area contributed by atoms with Gasteiger partial charge in [0.1, 0.15) is 5.75 Å². The molecule has 1 amide bonds. The van der Waals surface area contributed by atoms with Crippen LogP contribution in [0.5, 0.6) is 5.75 Å². The molecular formula is C11H11NO4. The second-order valence-corrected chi connectivity index (χ2v) is 3.84. The molecule has 0 aromatic heterocycles. The van der Waals surface area contributed by atoms with Crippen LogP contribution in [0.3, 0.4) is 0 Å². The molecule has 0 unspecified atom stereocenters. The quantitative estimate of drug-likeness (QED) is 0.698. The Morgan fingerprint density at radius 3 is 2.81 bits per heavy atom. The zero-order valence-electron chi connectivity index (χ0n) is 8.90. The lowest BCUT2D eigenvalue weighted by Crippen LogP contribution is -2.54. The average molecular weight is 221 g/mol. The van der Waals surface area contributed by atoms with E-state index in [1.807, 2.05) is 13.0 Å². The van der Waals surface area contributed by atoms with Crippen LogP contribution in [0.15, 0.2) is 18.2 Å². The maximum Gasteiger partial charge on any atom is 0.357 e. The molecule has 1 aromatic rings. The van der Waals surface area contributed by atoms with Crippen molar-refractivity contribution in [2.45, 2.75) is 19.4 Å². The number of carboxylic acid groups (broad SMARTS) is 1. The smallest absolute Gasteiger partial charge is 0.357 e. The molecule has 16 heavy (non-hydrogen) atoms. The normalized spacial score (nSPS) is 23.0. The van der Waals surface area contributed by atoms with Crippen LogP contribution < -0.4 is 10.1 Å². The molecule has 2 N–H and O–H groups in total. The van der Waals surface area contributed by atoms with E-state index in [2.05, 4.69) is 5.32 Å². The van der Waals surface area contributed by atoms with Gasteiger partial charge in [0, 0.05) is 0 Å². The number of ether oxygens (including phenoxy) is 1. The highest BCUT2D eigenvalue weighted by molar-refractivity contribution is 6.13. The third kappa shape index (κ3) is 1.32. The fraction of sp³-hybridized carbons (Fsp3) is 0.273. The van der Waals surface area contributed by atoms with E-state index in [0.717, 1.165) is 5.56 Å². The van der Waals surface area contributed by atoms with Gasteiger partial charge in [-0.25, -0.2) is 4.79 Å². The number of benzene rings is 1. The number of carbonyl (C=O) groups is 2. The molecule has 1 heterocycles. The first-order chi connectivity index (χ1) is 7.45. The van der Waals surface area contributed by atoms with E-state index < -0.39 is 17.5 Å². The molecule has 1 aromatic carbocycles. The van der Waals surface area contributed by atoms with E-state index in [9.17, 15) is 9.59 Å². The van der Waals surface area contributed by atoms with E-state index >= 15 is 0 Å². The van der Waals surface area contributed by atoms with Gasteiger partial charge < -0.3 is 15.2 Å². The molecule has 0 fully saturated rings. The summed E-state index contributed by atoms with van der Waals surface area (Å²) in [6.07, 6.45) is 0. The zero-order chi connectivity index (χ0) is 11.9. The molecule has 1 aliphatic heterocycles. The van der Waals surface area contributed by atoms with Gasteiger partial charge >= 0.3 is 5.97 Å². The number of fused-ring (bicyclic) bond motifs is 1. The van der Waals surface area contributed by atoms with E-state index in [1.165, 1.54) is 6.92 Å². The largest absolute Gasteiger partial charge is 0.478 e. The monoisotopic (exact) mass is 221 g/mol. The number of aliphatic carboxylic acids is 1. The summed E-state index contributed by atoms with van der Waals surface area (Å²) in [6, 6.07) is 5.18. The molecule has 0 bridgehead atoms. The summed E-state index contributed by atoms with van der Waals surface area (Å²) < 4.78 is 5.26. The van der Waals surface area contributed by atoms with Gasteiger partial charge in [-0.1, -0.05) is 12.1 Å². The number of hydrogen-bond donors (Lipinski definition) is 2. The molecular weight excluding hydrogens is 210 g/mol. The zero-order valence-corrected chi connectivity index (χ0v) is 8.90. The summed E-state index contributed by atoms with van der Waals surface area (Å²) in [5.41, 5.74) is -0.495. The first-order valence-corrected chi connectivity index (χ1v) is 4.78. The molecule has 0 saturated carbocycles. The van der Waals surface area contributed by atoms with Gasteiger partial charge in [-0.3, -0.25) is 4.79 Å². The van der Waals surface area contributed by atoms with Crippen molar-refractivity contribution in [3.05, 3.63) is 23.8 Å². The van der Waals surface area contributed by atoms with Crippen molar-refractivity contribution < 1.29 is 19.4 Å². The molecule has 1 atom stereocenters. The first-order valence-electron chi connectivity index (χ1n) is 4.78. The first kappa shape index (κ1) is 10.5. The Kier molecular flexibility index (Phi) is 2.11. The standard InChI is InChI=1S/C11H11NO4/c1-6-4-3-5-7-8(6)12-9(13)11(2,16-7)10(14)15/h3-5H,1-2H3,(H,12,13)(H,14,15)/t11-/m1/s1. The van der Waals surface area contributed by atoms with Crippen LogP contribution in [-0.4, -0.2) is 22.6 Å². The number of hydrogen-bond acceptors (Lipinski definition) is 3. The molecule has 2 rings (SSSR count). The van der Waals surface area contributed by atoms with Crippen molar-refractivity contribution in [2.24, 2.45) is 0 Å². The summed E-state index contributed by atoms with van der Waals surface area (Å²) in [5.74, 6) is -1.59. The molecule has 0 saturated heterocycles. The number of anilines is 1. The Hall–Kier alpha value is -2.04. The lowest BCUT2D eigenvalue weighted by atomic mass is 10.0. The van der Waals surface area contributed by atoms with Gasteiger partial charge in [0.2, 0.25) is 0 Å². The fourth-order valence-corrected chi connectivity index (χ4v) is 1.53. The molecule has 0 spiro atoms. The maximum absolute atomic E-state index is 11.7. The fourth-order valence-electron chi connectivity index (χ4n) is 1.53. The Balaban J connectivity index is 2.51. The third-order valence-corrected chi connectivity index (χ3v) is 2.63. The number of nitrogens with one attached hydrogen (secondary N) is 1. The Morgan fingerprint density at radius 2 is 2.19 bits per heavy atom. The van der Waals surface area contributed by atoms with Crippen molar-refractivity contribution in [2.75, 3.05) is 5.32 Å². The summed E-state index contributed by atoms with van der Waals surface area (Å²) in [7, 11) is 0. The Morgan fingerprint density at radius 1 is 1.50 bits per heavy atom. The molecule has 1 aliphatic rings. The Bertz CT molecular complexity index is 483. The van der Waals surface area contributed by atoms with Gasteiger partial charge in [-0.15, -0.1) is 0 Å². The van der Waals surface area contributed by atoms with Gasteiger partial charge in [-0.05, 0) is 25.5 Å². The molecule has 5 nitrogen and oxygen atoms in total. The molecule has 0 radical (unpaired) electrons. The minimum atomic E-state index is -1.86. The van der Waals surface area contributed by atoms with E-state index in [0.29, 0.717) is 11.4 Å². The van der Waals surface area contributed by atoms with Crippen molar-refractivity contribution in [3.8, 4) is 5.75 Å². The van der Waals surface area contributed by atoms with Gasteiger partial charge in [0.25, 0.3) is 11.5 Å². The number of para-hydroxylation sites is 1. The highest BCUT2D eigenvalue weighted by Gasteiger charge is 2.47. The van der Waals surface area contributed by atoms with Gasteiger partial charge in [0.15, 0.2) is 0 Å². The Labute approximate surface area is 92.0 Å². The lowest BCUT2D eigenvalue weighted by molar-refractivity contribution is -0.159. The SMILES string of the molecule is Cc1cccc2c1NC(=O)[C@](C)(C(=O)O)O2. The average Bonchev–Trinajstić information content (AvgIpc) is 2.21. The summed E-state index contributed by atoms with van der Waals surface area (Å²) in [5, 5.41) is 11.5. The summed E-state index contributed by atoms with van der Waals surface area (Å²) in [4.78, 5) is 22.7. The van der Waals surface area contributed by atoms with Crippen LogP contribution >= 0.6 is 0 Å². The number of rotatable bonds is 1. The number of aryl methyl sites for hydroxylation is 1. The number of carbonyl (C=O) groups excluding carboxylic acids is 1. The predicted molar refractivity (Wildman–Crippen MR) is 56.5 cm³/mol. The van der Waals surface area contributed by atoms with Crippen LogP contribution in [0.25, 0.3) is 0 Å². The minimum Gasteiger partial charge on any atom is -0.478 e. The minimum absolute atomic E-state index is 0.379. The van der Waals surface area contributed by atoms with Crippen LogP contribution in [0, 0.1) is 6.92 Å². The van der Waals surface area contributed by atoms with Crippen molar-refractivity contribution in [3.63, 3.8) is 0 Å². The second kappa shape index (κ2) is 3.23. The maximum atomic E-state index is 11.7. The number of amides is 1. The highest BCUT2D eigenvalue weighted by atomic mass is 16.5. The van der Waals surface area contributed by atoms with Crippen LogP contribution in [-0.2, 0) is 9.59 Å².